The van der Waals surface area contributed by atoms with Gasteiger partial charge in [0.2, 0.25) is 0 Å². The Morgan fingerprint density at radius 1 is 1.10 bits per heavy atom. The highest BCUT2D eigenvalue weighted by Crippen LogP contribution is 2.21. The first-order chi connectivity index (χ1) is 10.1. The number of hydrogen-bond acceptors (Lipinski definition) is 2. The van der Waals surface area contributed by atoms with Gasteiger partial charge in [-0.1, -0.05) is 59.6 Å². The number of hydrazone groups is 1. The summed E-state index contributed by atoms with van der Waals surface area (Å²) in [5, 5.41) is 8.57. The van der Waals surface area contributed by atoms with Crippen molar-refractivity contribution >= 4 is 46.7 Å². The molecule has 0 spiro atoms. The first-order valence-corrected chi connectivity index (χ1v) is 7.37. The molecule has 2 rings (SSSR count). The van der Waals surface area contributed by atoms with E-state index in [-0.39, 0.29) is 0 Å². The third-order valence-corrected chi connectivity index (χ3v) is 3.59. The molecule has 108 valence electrons. The van der Waals surface area contributed by atoms with Gasteiger partial charge in [-0.05, 0) is 35.5 Å². The van der Waals surface area contributed by atoms with Crippen LogP contribution in [0.5, 0.6) is 0 Å². The van der Waals surface area contributed by atoms with Crippen molar-refractivity contribution in [2.75, 3.05) is 0 Å². The summed E-state index contributed by atoms with van der Waals surface area (Å²) in [5.74, 6) is 0. The monoisotopic (exact) mass is 337 g/mol. The maximum Gasteiger partial charge on any atom is 0.187 e. The van der Waals surface area contributed by atoms with E-state index in [1.54, 1.807) is 18.3 Å². The number of halogens is 2. The summed E-state index contributed by atoms with van der Waals surface area (Å²) in [5.41, 5.74) is 4.73. The summed E-state index contributed by atoms with van der Waals surface area (Å²) in [4.78, 5) is 0. The molecule has 0 fully saturated rings. The molecule has 3 nitrogen and oxygen atoms in total. The summed E-state index contributed by atoms with van der Waals surface area (Å²) in [6.45, 7) is 0.648. The van der Waals surface area contributed by atoms with E-state index in [1.807, 2.05) is 36.4 Å². The molecule has 0 amide bonds. The van der Waals surface area contributed by atoms with Crippen molar-refractivity contribution in [1.82, 2.24) is 10.7 Å². The quantitative estimate of drug-likeness (QED) is 0.503. The van der Waals surface area contributed by atoms with Crippen molar-refractivity contribution in [1.29, 1.82) is 0 Å². The van der Waals surface area contributed by atoms with Gasteiger partial charge in [0.05, 0.1) is 16.3 Å². The number of benzene rings is 2. The minimum atomic E-state index is 0.454. The van der Waals surface area contributed by atoms with E-state index in [9.17, 15) is 0 Å². The lowest BCUT2D eigenvalue weighted by atomic mass is 10.2. The maximum atomic E-state index is 5.92. The van der Waals surface area contributed by atoms with E-state index in [2.05, 4.69) is 15.8 Å². The topological polar surface area (TPSA) is 36.4 Å². The molecule has 0 radical (unpaired) electrons. The number of thiocarbonyl (C=S) groups is 1. The molecular formula is C15H13Cl2N3S. The van der Waals surface area contributed by atoms with Crippen LogP contribution in [-0.2, 0) is 6.54 Å². The van der Waals surface area contributed by atoms with Crippen LogP contribution in [0.3, 0.4) is 0 Å². The van der Waals surface area contributed by atoms with Gasteiger partial charge in [0.25, 0.3) is 0 Å². The average molecular weight is 338 g/mol. The second-order valence-electron chi connectivity index (χ2n) is 4.21. The Labute approximate surface area is 139 Å². The summed E-state index contributed by atoms with van der Waals surface area (Å²) in [6, 6.07) is 15.3. The van der Waals surface area contributed by atoms with Gasteiger partial charge in [0.1, 0.15) is 0 Å². The molecule has 0 aliphatic carbocycles. The van der Waals surface area contributed by atoms with Crippen molar-refractivity contribution < 1.29 is 0 Å². The molecule has 21 heavy (non-hydrogen) atoms. The van der Waals surface area contributed by atoms with Crippen LogP contribution < -0.4 is 10.7 Å². The highest BCUT2D eigenvalue weighted by atomic mass is 35.5. The molecule has 0 bridgehead atoms. The lowest BCUT2D eigenvalue weighted by molar-refractivity contribution is 0.869. The SMILES string of the molecule is S=C(NCc1ccccc1)N/N=C/c1ccc(Cl)c(Cl)c1. The Morgan fingerprint density at radius 3 is 2.57 bits per heavy atom. The molecule has 2 aromatic rings. The first kappa shape index (κ1) is 15.8. The molecule has 0 aliphatic heterocycles. The lowest BCUT2D eigenvalue weighted by Gasteiger charge is -2.06. The minimum absolute atomic E-state index is 0.454. The molecule has 2 aromatic carbocycles. The maximum absolute atomic E-state index is 5.92. The Morgan fingerprint density at radius 2 is 1.86 bits per heavy atom. The highest BCUT2D eigenvalue weighted by Gasteiger charge is 1.97. The molecule has 0 aliphatic rings. The minimum Gasteiger partial charge on any atom is -0.357 e. The zero-order valence-corrected chi connectivity index (χ0v) is 13.3. The zero-order chi connectivity index (χ0) is 15.1. The number of nitrogens with one attached hydrogen (secondary N) is 2. The van der Waals surface area contributed by atoms with Gasteiger partial charge in [-0.2, -0.15) is 5.10 Å². The predicted octanol–water partition coefficient (Wildman–Crippen LogP) is 3.99. The molecule has 6 heteroatoms. The van der Waals surface area contributed by atoms with Gasteiger partial charge in [-0.15, -0.1) is 0 Å². The largest absolute Gasteiger partial charge is 0.357 e. The van der Waals surface area contributed by atoms with Crippen LogP contribution in [0, 0.1) is 0 Å². The summed E-state index contributed by atoms with van der Waals surface area (Å²) < 4.78 is 0. The standard InChI is InChI=1S/C15H13Cl2N3S/c16-13-7-6-12(8-14(13)17)10-19-20-15(21)18-9-11-4-2-1-3-5-11/h1-8,10H,9H2,(H2,18,20,21)/b19-10+. The molecule has 0 saturated heterocycles. The van der Waals surface area contributed by atoms with Gasteiger partial charge in [0, 0.05) is 6.54 Å². The van der Waals surface area contributed by atoms with Crippen LogP contribution in [0.15, 0.2) is 53.6 Å². The molecule has 0 heterocycles. The van der Waals surface area contributed by atoms with Crippen LogP contribution in [0.4, 0.5) is 0 Å². The van der Waals surface area contributed by atoms with Gasteiger partial charge in [-0.25, -0.2) is 0 Å². The lowest BCUT2D eigenvalue weighted by Crippen LogP contribution is -2.31. The van der Waals surface area contributed by atoms with Crippen LogP contribution in [0.1, 0.15) is 11.1 Å². The second kappa shape index (κ2) is 7.98. The van der Waals surface area contributed by atoms with E-state index >= 15 is 0 Å². The molecule has 0 aromatic heterocycles. The van der Waals surface area contributed by atoms with E-state index in [0.29, 0.717) is 21.7 Å². The average Bonchev–Trinajstić information content (AvgIpc) is 2.50. The Bertz CT molecular complexity index is 645. The van der Waals surface area contributed by atoms with Crippen molar-refractivity contribution in [3.8, 4) is 0 Å². The summed E-state index contributed by atoms with van der Waals surface area (Å²) in [6.07, 6.45) is 1.62. The molecule has 0 unspecified atom stereocenters. The second-order valence-corrected chi connectivity index (χ2v) is 5.43. The molecular weight excluding hydrogens is 325 g/mol. The molecule has 2 N–H and O–H groups in total. The molecule has 0 saturated carbocycles. The normalized spacial score (nSPS) is 10.6. The van der Waals surface area contributed by atoms with Gasteiger partial charge in [-0.3, -0.25) is 5.43 Å². The fourth-order valence-electron chi connectivity index (χ4n) is 1.58. The van der Waals surface area contributed by atoms with Crippen LogP contribution in [-0.4, -0.2) is 11.3 Å². The van der Waals surface area contributed by atoms with Crippen LogP contribution in [0.2, 0.25) is 10.0 Å². The van der Waals surface area contributed by atoms with Gasteiger partial charge >= 0.3 is 0 Å². The van der Waals surface area contributed by atoms with Crippen molar-refractivity contribution in [3.63, 3.8) is 0 Å². The number of rotatable bonds is 4. The first-order valence-electron chi connectivity index (χ1n) is 6.21. The van der Waals surface area contributed by atoms with E-state index in [1.165, 1.54) is 0 Å². The fourth-order valence-corrected chi connectivity index (χ4v) is 2.01. The number of nitrogens with zero attached hydrogens (tertiary/aromatic N) is 1. The van der Waals surface area contributed by atoms with Crippen molar-refractivity contribution in [2.24, 2.45) is 5.10 Å². The zero-order valence-electron chi connectivity index (χ0n) is 11.0. The number of hydrogen-bond donors (Lipinski definition) is 2. The predicted molar refractivity (Wildman–Crippen MR) is 93.1 cm³/mol. The highest BCUT2D eigenvalue weighted by molar-refractivity contribution is 7.80. The van der Waals surface area contributed by atoms with Gasteiger partial charge < -0.3 is 5.32 Å². The van der Waals surface area contributed by atoms with Crippen LogP contribution >= 0.6 is 35.4 Å². The third kappa shape index (κ3) is 5.34. The van der Waals surface area contributed by atoms with Crippen LogP contribution in [0.25, 0.3) is 0 Å². The van der Waals surface area contributed by atoms with E-state index in [0.717, 1.165) is 11.1 Å². The summed E-state index contributed by atoms with van der Waals surface area (Å²) in [7, 11) is 0. The Hall–Kier alpha value is -1.62. The third-order valence-electron chi connectivity index (χ3n) is 2.62. The Balaban J connectivity index is 1.80. The van der Waals surface area contributed by atoms with Crippen molar-refractivity contribution in [2.45, 2.75) is 6.54 Å². The summed E-state index contributed by atoms with van der Waals surface area (Å²) >= 11 is 16.9. The smallest absolute Gasteiger partial charge is 0.187 e. The molecule has 0 atom stereocenters. The fraction of sp³-hybridized carbons (Fsp3) is 0.0667. The van der Waals surface area contributed by atoms with Gasteiger partial charge in [0.15, 0.2) is 5.11 Å². The van der Waals surface area contributed by atoms with E-state index in [4.69, 9.17) is 35.4 Å². The van der Waals surface area contributed by atoms with E-state index < -0.39 is 0 Å². The van der Waals surface area contributed by atoms with Crippen molar-refractivity contribution in [3.05, 3.63) is 69.7 Å². The Kier molecular flexibility index (Phi) is 5.99.